The highest BCUT2D eigenvalue weighted by Gasteiger charge is 2.42. The zero-order valence-corrected chi connectivity index (χ0v) is 35.9. The predicted molar refractivity (Wildman–Crippen MR) is 233 cm³/mol. The molecular formula is C46H58N8O6. The highest BCUT2D eigenvalue weighted by molar-refractivity contribution is 6.40. The maximum absolute atomic E-state index is 14.0. The Morgan fingerprint density at radius 2 is 1.42 bits per heavy atom. The van der Waals surface area contributed by atoms with E-state index >= 15 is 0 Å². The van der Waals surface area contributed by atoms with Crippen molar-refractivity contribution >= 4 is 51.8 Å². The Bertz CT molecular complexity index is 2350. The molecule has 0 spiro atoms. The van der Waals surface area contributed by atoms with Gasteiger partial charge in [0.25, 0.3) is 5.91 Å². The van der Waals surface area contributed by atoms with Gasteiger partial charge in [-0.05, 0) is 78.1 Å². The number of hydrogen-bond acceptors (Lipinski definition) is 8. The van der Waals surface area contributed by atoms with Gasteiger partial charge < -0.3 is 35.0 Å². The molecule has 1 unspecified atom stereocenters. The number of ether oxygens (including phenoxy) is 2. The first kappa shape index (κ1) is 43.5. The van der Waals surface area contributed by atoms with E-state index in [2.05, 4.69) is 86.6 Å². The summed E-state index contributed by atoms with van der Waals surface area (Å²) in [6.45, 7) is 11.7. The maximum atomic E-state index is 14.0. The van der Waals surface area contributed by atoms with Crippen molar-refractivity contribution in [1.29, 1.82) is 0 Å². The van der Waals surface area contributed by atoms with Gasteiger partial charge in [-0.25, -0.2) is 19.6 Å². The number of rotatable bonds is 15. The highest BCUT2D eigenvalue weighted by Crippen LogP contribution is 2.38. The molecule has 1 fully saturated rings. The van der Waals surface area contributed by atoms with E-state index in [-0.39, 0.29) is 35.5 Å². The van der Waals surface area contributed by atoms with Gasteiger partial charge in [-0.3, -0.25) is 9.59 Å². The Hall–Kier alpha value is -6.05. The summed E-state index contributed by atoms with van der Waals surface area (Å²) in [4.78, 5) is 74.0. The summed E-state index contributed by atoms with van der Waals surface area (Å²) in [5.41, 5.74) is 7.56. The van der Waals surface area contributed by atoms with Crippen molar-refractivity contribution in [1.82, 2.24) is 35.5 Å². The molecule has 3 heterocycles. The number of aromatic amines is 2. The fourth-order valence-corrected chi connectivity index (χ4v) is 8.04. The molecule has 2 aromatic heterocycles. The fraction of sp³-hybridized carbons (Fsp3) is 0.457. The van der Waals surface area contributed by atoms with Gasteiger partial charge in [-0.1, -0.05) is 97.2 Å². The lowest BCUT2D eigenvalue weighted by Gasteiger charge is -2.33. The molecule has 1 aliphatic rings. The van der Waals surface area contributed by atoms with Crippen LogP contribution in [-0.4, -0.2) is 80.9 Å². The number of H-pyrrole nitrogens is 2. The van der Waals surface area contributed by atoms with Gasteiger partial charge in [0, 0.05) is 12.0 Å². The topological polar surface area (TPSA) is 184 Å². The second-order valence-corrected chi connectivity index (χ2v) is 16.2. The molecule has 318 valence electrons. The summed E-state index contributed by atoms with van der Waals surface area (Å²) in [6, 6.07) is 19.3. The molecule has 3 aromatic carbocycles. The lowest BCUT2D eigenvalue weighted by Crippen LogP contribution is -2.53. The van der Waals surface area contributed by atoms with Crippen LogP contribution >= 0.6 is 0 Å². The van der Waals surface area contributed by atoms with Crippen LogP contribution in [0.25, 0.3) is 44.3 Å². The third-order valence-corrected chi connectivity index (χ3v) is 11.4. The fourth-order valence-electron chi connectivity index (χ4n) is 8.04. The number of likely N-dealkylation sites (tertiary alicyclic amines) is 1. The highest BCUT2D eigenvalue weighted by atomic mass is 16.5. The largest absolute Gasteiger partial charge is 0.453 e. The van der Waals surface area contributed by atoms with Gasteiger partial charge in [0.2, 0.25) is 5.91 Å². The zero-order valence-electron chi connectivity index (χ0n) is 35.9. The first-order valence-electron chi connectivity index (χ1n) is 21.1. The van der Waals surface area contributed by atoms with Crippen molar-refractivity contribution in [3.05, 3.63) is 72.3 Å². The Morgan fingerprint density at radius 1 is 0.800 bits per heavy atom. The van der Waals surface area contributed by atoms with E-state index in [9.17, 15) is 19.2 Å². The lowest BCUT2D eigenvalue weighted by atomic mass is 10.00. The average molecular weight is 819 g/mol. The Kier molecular flexibility index (Phi) is 14.0. The summed E-state index contributed by atoms with van der Waals surface area (Å²) in [6.07, 6.45) is 4.61. The standard InChI is InChI=1S/C46H58N8O6/c1-9-11-12-13-35(51-43(55)39(26(3)4)52-45(57)59-7)41-47-33-21-18-30(24-36(33)49-41)28-14-16-29(17-15-28)31-19-22-34-37(25-31)50-42(48-34)38-23-20-32(10-2)54(38)44(56)40(27(5)6)53-46(58)60-8/h14-19,21-22,24-27,32,35,38,40H,9-13,20,23H2,1-8H3,(H,47,49)(H,48,50)(H,51,55)(H,53,58)/b52-39+/t32-,35+,38?,40+/m1/s1. The van der Waals surface area contributed by atoms with Crippen molar-refractivity contribution in [2.45, 2.75) is 111 Å². The number of aromatic nitrogens is 4. The molecular weight excluding hydrogens is 761 g/mol. The van der Waals surface area contributed by atoms with Crippen LogP contribution in [0.4, 0.5) is 9.59 Å². The molecule has 4 amide bonds. The van der Waals surface area contributed by atoms with Crippen LogP contribution in [0.3, 0.4) is 0 Å². The maximum Gasteiger partial charge on any atom is 0.433 e. The van der Waals surface area contributed by atoms with Gasteiger partial charge in [0.1, 0.15) is 23.4 Å². The number of methoxy groups -OCH3 is 2. The molecule has 60 heavy (non-hydrogen) atoms. The van der Waals surface area contributed by atoms with E-state index in [1.54, 1.807) is 0 Å². The number of hydrogen-bond donors (Lipinski definition) is 4. The number of carbonyl (C=O) groups excluding carboxylic acids is 4. The Morgan fingerprint density at radius 3 is 1.98 bits per heavy atom. The van der Waals surface area contributed by atoms with Crippen LogP contribution in [0.15, 0.2) is 65.7 Å². The lowest BCUT2D eigenvalue weighted by molar-refractivity contribution is -0.137. The van der Waals surface area contributed by atoms with Crippen molar-refractivity contribution in [2.24, 2.45) is 16.8 Å². The minimum absolute atomic E-state index is 0.0422. The minimum atomic E-state index is -0.811. The van der Waals surface area contributed by atoms with Crippen LogP contribution < -0.4 is 10.6 Å². The number of nitrogens with one attached hydrogen (secondary N) is 4. The summed E-state index contributed by atoms with van der Waals surface area (Å²) >= 11 is 0. The number of imidazole rings is 2. The number of amides is 4. The molecule has 0 radical (unpaired) electrons. The second-order valence-electron chi connectivity index (χ2n) is 16.2. The zero-order chi connectivity index (χ0) is 43.1. The average Bonchev–Trinajstić information content (AvgIpc) is 4.00. The van der Waals surface area contributed by atoms with Crippen molar-refractivity contribution in [3.8, 4) is 22.3 Å². The number of benzene rings is 3. The van der Waals surface area contributed by atoms with E-state index in [1.807, 2.05) is 50.8 Å². The van der Waals surface area contributed by atoms with E-state index < -0.39 is 30.2 Å². The number of nitrogens with zero attached hydrogens (tertiary/aromatic N) is 4. The third-order valence-electron chi connectivity index (χ3n) is 11.4. The van der Waals surface area contributed by atoms with Gasteiger partial charge in [0.05, 0.1) is 48.4 Å². The number of unbranched alkanes of at least 4 members (excludes halogenated alkanes) is 2. The molecule has 14 nitrogen and oxygen atoms in total. The Labute approximate surface area is 351 Å². The number of aliphatic imine (C=N–C) groups is 1. The van der Waals surface area contributed by atoms with E-state index in [0.29, 0.717) is 12.2 Å². The molecule has 4 atom stereocenters. The molecule has 5 aromatic rings. The second kappa shape index (κ2) is 19.3. The third kappa shape index (κ3) is 9.69. The van der Waals surface area contributed by atoms with Crippen molar-refractivity contribution < 1.29 is 28.7 Å². The molecule has 0 bridgehead atoms. The minimum Gasteiger partial charge on any atom is -0.453 e. The van der Waals surface area contributed by atoms with E-state index in [4.69, 9.17) is 14.7 Å². The number of fused-ring (bicyclic) bond motifs is 2. The molecule has 1 saturated heterocycles. The molecule has 14 heteroatoms. The van der Waals surface area contributed by atoms with Crippen molar-refractivity contribution in [2.75, 3.05) is 14.2 Å². The van der Waals surface area contributed by atoms with Gasteiger partial charge in [-0.2, -0.15) is 4.99 Å². The Balaban J connectivity index is 1.21. The normalized spacial score (nSPS) is 16.7. The van der Waals surface area contributed by atoms with E-state index in [0.717, 1.165) is 88.7 Å². The van der Waals surface area contributed by atoms with Crippen LogP contribution in [0.5, 0.6) is 0 Å². The first-order chi connectivity index (χ1) is 28.8. The first-order valence-corrected chi connectivity index (χ1v) is 21.1. The predicted octanol–water partition coefficient (Wildman–Crippen LogP) is 9.20. The summed E-state index contributed by atoms with van der Waals surface area (Å²) in [5, 5.41) is 5.82. The molecule has 4 N–H and O–H groups in total. The van der Waals surface area contributed by atoms with Gasteiger partial charge in [0.15, 0.2) is 0 Å². The SMILES string of the molecule is CCCCC[C@H](NC(=O)/C(=N/C(=O)OC)C(C)C)c1nc2ccc(-c3ccc(-c4ccc5nc(C6CC[C@@H](CC)N6C(=O)[C@@H](NC(=O)OC)C(C)C)[nH]c5c4)cc3)cc2[nH]1. The quantitative estimate of drug-likeness (QED) is 0.0595. The molecule has 1 aliphatic heterocycles. The van der Waals surface area contributed by atoms with Gasteiger partial charge in [-0.15, -0.1) is 0 Å². The summed E-state index contributed by atoms with van der Waals surface area (Å²) in [7, 11) is 2.54. The van der Waals surface area contributed by atoms with Crippen LogP contribution in [0.1, 0.15) is 110 Å². The van der Waals surface area contributed by atoms with E-state index in [1.165, 1.54) is 14.2 Å². The van der Waals surface area contributed by atoms with Crippen molar-refractivity contribution in [3.63, 3.8) is 0 Å². The molecule has 0 aliphatic carbocycles. The van der Waals surface area contributed by atoms with Gasteiger partial charge >= 0.3 is 12.2 Å². The van der Waals surface area contributed by atoms with Crippen LogP contribution in [0, 0.1) is 11.8 Å². The number of carbonyl (C=O) groups is 4. The summed E-state index contributed by atoms with van der Waals surface area (Å²) < 4.78 is 9.51. The smallest absolute Gasteiger partial charge is 0.433 e. The summed E-state index contributed by atoms with van der Waals surface area (Å²) in [5.74, 6) is 0.429. The molecule has 0 saturated carbocycles. The monoisotopic (exact) mass is 818 g/mol. The van der Waals surface area contributed by atoms with Crippen LogP contribution in [-0.2, 0) is 19.1 Å². The molecule has 6 rings (SSSR count). The number of alkyl carbamates (subject to hydrolysis) is 1. The van der Waals surface area contributed by atoms with Crippen LogP contribution in [0.2, 0.25) is 0 Å².